The van der Waals surface area contributed by atoms with E-state index in [0.29, 0.717) is 18.8 Å². The van der Waals surface area contributed by atoms with Crippen LogP contribution in [-0.2, 0) is 4.79 Å². The number of hydrogen-bond acceptors (Lipinski definition) is 3. The van der Waals surface area contributed by atoms with Crippen LogP contribution in [-0.4, -0.2) is 61.2 Å². The maximum Gasteiger partial charge on any atom is 0.222 e. The van der Waals surface area contributed by atoms with Gasteiger partial charge in [-0.25, -0.2) is 0 Å². The Hall–Kier alpha value is -0.610. The molecule has 0 aromatic carbocycles. The summed E-state index contributed by atoms with van der Waals surface area (Å²) >= 11 is 0. The molecule has 0 aromatic heterocycles. The van der Waals surface area contributed by atoms with Crippen molar-refractivity contribution in [2.45, 2.75) is 26.7 Å². The summed E-state index contributed by atoms with van der Waals surface area (Å²) in [4.78, 5) is 15.8. The molecule has 0 aromatic rings. The second-order valence-electron chi connectivity index (χ2n) is 4.86. The number of nitrogens with zero attached hydrogens (tertiary/aromatic N) is 2. The minimum Gasteiger partial charge on any atom is -0.396 e. The predicted molar refractivity (Wildman–Crippen MR) is 66.3 cm³/mol. The highest BCUT2D eigenvalue weighted by molar-refractivity contribution is 5.76. The highest BCUT2D eigenvalue weighted by atomic mass is 16.3. The molecule has 0 atom stereocenters. The molecule has 0 rings (SSSR count). The van der Waals surface area contributed by atoms with E-state index in [1.165, 1.54) is 0 Å². The van der Waals surface area contributed by atoms with Crippen molar-refractivity contribution < 1.29 is 9.90 Å². The summed E-state index contributed by atoms with van der Waals surface area (Å²) in [5.74, 6) is 0.643. The number of hydrogen-bond donors (Lipinski definition) is 1. The second kappa shape index (κ2) is 8.53. The maximum absolute atomic E-state index is 11.8. The van der Waals surface area contributed by atoms with E-state index in [1.54, 1.807) is 0 Å². The van der Waals surface area contributed by atoms with Gasteiger partial charge in [-0.1, -0.05) is 13.8 Å². The van der Waals surface area contributed by atoms with Gasteiger partial charge in [0.2, 0.25) is 5.91 Å². The molecule has 0 radical (unpaired) electrons. The number of likely N-dealkylation sites (N-methyl/N-ethyl adjacent to an activating group) is 1. The number of aliphatic hydroxyl groups is 1. The van der Waals surface area contributed by atoms with Gasteiger partial charge in [0.25, 0.3) is 0 Å². The summed E-state index contributed by atoms with van der Waals surface area (Å²) in [6, 6.07) is 0. The molecule has 0 aliphatic carbocycles. The van der Waals surface area contributed by atoms with E-state index in [2.05, 4.69) is 18.7 Å². The number of carbonyl (C=O) groups is 1. The Balaban J connectivity index is 4.12. The lowest BCUT2D eigenvalue weighted by Gasteiger charge is -2.26. The molecular formula is C12H26N2O2. The molecule has 0 fully saturated rings. The Kier molecular flexibility index (Phi) is 8.21. The van der Waals surface area contributed by atoms with E-state index < -0.39 is 0 Å². The number of carbonyl (C=O) groups excluding carboxylic acids is 1. The van der Waals surface area contributed by atoms with Crippen LogP contribution in [0.5, 0.6) is 0 Å². The van der Waals surface area contributed by atoms with Crippen molar-refractivity contribution in [3.63, 3.8) is 0 Å². The minimum atomic E-state index is 0.0922. The van der Waals surface area contributed by atoms with Crippen LogP contribution in [0.3, 0.4) is 0 Å². The Labute approximate surface area is 99.2 Å². The van der Waals surface area contributed by atoms with Crippen LogP contribution in [0.4, 0.5) is 0 Å². The molecule has 0 heterocycles. The fourth-order valence-corrected chi connectivity index (χ4v) is 1.47. The third kappa shape index (κ3) is 7.65. The summed E-state index contributed by atoms with van der Waals surface area (Å²) < 4.78 is 0. The van der Waals surface area contributed by atoms with Crippen molar-refractivity contribution in [2.24, 2.45) is 5.92 Å². The van der Waals surface area contributed by atoms with E-state index in [-0.39, 0.29) is 12.5 Å². The quantitative estimate of drug-likeness (QED) is 0.671. The van der Waals surface area contributed by atoms with Crippen LogP contribution < -0.4 is 0 Å². The predicted octanol–water partition coefficient (Wildman–Crippen LogP) is 0.805. The molecule has 1 N–H and O–H groups in total. The van der Waals surface area contributed by atoms with Crippen LogP contribution in [0.25, 0.3) is 0 Å². The average Bonchev–Trinajstić information content (AvgIpc) is 2.19. The Morgan fingerprint density at radius 1 is 1.25 bits per heavy atom. The molecule has 0 aliphatic rings. The van der Waals surface area contributed by atoms with E-state index in [9.17, 15) is 4.79 Å². The van der Waals surface area contributed by atoms with Gasteiger partial charge in [-0.3, -0.25) is 4.79 Å². The molecule has 0 bridgehead atoms. The fourth-order valence-electron chi connectivity index (χ4n) is 1.47. The van der Waals surface area contributed by atoms with E-state index in [4.69, 9.17) is 5.11 Å². The van der Waals surface area contributed by atoms with Gasteiger partial charge in [0.05, 0.1) is 0 Å². The Bertz CT molecular complexity index is 193. The summed E-state index contributed by atoms with van der Waals surface area (Å²) in [5, 5.41) is 8.72. The number of rotatable bonds is 8. The highest BCUT2D eigenvalue weighted by Gasteiger charge is 2.14. The van der Waals surface area contributed by atoms with Crippen LogP contribution in [0.2, 0.25) is 0 Å². The van der Waals surface area contributed by atoms with Crippen LogP contribution >= 0.6 is 0 Å². The molecule has 16 heavy (non-hydrogen) atoms. The van der Waals surface area contributed by atoms with Crippen LogP contribution in [0.1, 0.15) is 26.7 Å². The minimum absolute atomic E-state index is 0.0922. The lowest BCUT2D eigenvalue weighted by atomic mass is 10.2. The van der Waals surface area contributed by atoms with E-state index in [0.717, 1.165) is 19.6 Å². The Morgan fingerprint density at radius 2 is 1.88 bits per heavy atom. The molecule has 4 heteroatoms. The van der Waals surface area contributed by atoms with Gasteiger partial charge in [0.1, 0.15) is 0 Å². The first-order valence-corrected chi connectivity index (χ1v) is 6.00. The fraction of sp³-hybridized carbons (Fsp3) is 0.917. The third-order valence-corrected chi connectivity index (χ3v) is 2.30. The van der Waals surface area contributed by atoms with E-state index in [1.807, 2.05) is 19.0 Å². The summed E-state index contributed by atoms with van der Waals surface area (Å²) in [7, 11) is 4.01. The normalized spacial score (nSPS) is 11.2. The highest BCUT2D eigenvalue weighted by Crippen LogP contribution is 2.03. The molecular weight excluding hydrogens is 204 g/mol. The zero-order valence-corrected chi connectivity index (χ0v) is 11.1. The second-order valence-corrected chi connectivity index (χ2v) is 4.86. The van der Waals surface area contributed by atoms with Crippen molar-refractivity contribution in [3.05, 3.63) is 0 Å². The van der Waals surface area contributed by atoms with Crippen molar-refractivity contribution in [1.82, 2.24) is 9.80 Å². The maximum atomic E-state index is 11.8. The first kappa shape index (κ1) is 15.4. The summed E-state index contributed by atoms with van der Waals surface area (Å²) in [6.45, 7) is 6.78. The largest absolute Gasteiger partial charge is 0.396 e. The molecule has 1 amide bonds. The van der Waals surface area contributed by atoms with Gasteiger partial charge in [0.15, 0.2) is 0 Å². The topological polar surface area (TPSA) is 43.8 Å². The molecule has 4 nitrogen and oxygen atoms in total. The standard InChI is InChI=1S/C12H26N2O2/c1-11(2)10-14(8-7-13(3)4)12(16)6-5-9-15/h11,15H,5-10H2,1-4H3. The monoisotopic (exact) mass is 230 g/mol. The van der Waals surface area contributed by atoms with Gasteiger partial charge in [-0.2, -0.15) is 0 Å². The van der Waals surface area contributed by atoms with Gasteiger partial charge in [0, 0.05) is 32.7 Å². The summed E-state index contributed by atoms with van der Waals surface area (Å²) in [5.41, 5.74) is 0. The van der Waals surface area contributed by atoms with Gasteiger partial charge < -0.3 is 14.9 Å². The SMILES string of the molecule is CC(C)CN(CCN(C)C)C(=O)CCCO. The van der Waals surface area contributed by atoms with Crippen LogP contribution in [0.15, 0.2) is 0 Å². The van der Waals surface area contributed by atoms with Crippen molar-refractivity contribution >= 4 is 5.91 Å². The van der Waals surface area contributed by atoms with Crippen molar-refractivity contribution in [3.8, 4) is 0 Å². The zero-order chi connectivity index (χ0) is 12.6. The first-order valence-electron chi connectivity index (χ1n) is 6.00. The molecule has 0 saturated heterocycles. The average molecular weight is 230 g/mol. The smallest absolute Gasteiger partial charge is 0.222 e. The third-order valence-electron chi connectivity index (χ3n) is 2.30. The van der Waals surface area contributed by atoms with Gasteiger partial charge in [-0.15, -0.1) is 0 Å². The Morgan fingerprint density at radius 3 is 2.31 bits per heavy atom. The number of aliphatic hydroxyl groups excluding tert-OH is 1. The van der Waals surface area contributed by atoms with Crippen LogP contribution in [0, 0.1) is 5.92 Å². The molecule has 0 aliphatic heterocycles. The van der Waals surface area contributed by atoms with Gasteiger partial charge >= 0.3 is 0 Å². The zero-order valence-electron chi connectivity index (χ0n) is 11.1. The molecule has 0 spiro atoms. The molecule has 96 valence electrons. The van der Waals surface area contributed by atoms with Crippen molar-refractivity contribution in [2.75, 3.05) is 40.3 Å². The van der Waals surface area contributed by atoms with Crippen molar-refractivity contribution in [1.29, 1.82) is 0 Å². The van der Waals surface area contributed by atoms with E-state index >= 15 is 0 Å². The summed E-state index contributed by atoms with van der Waals surface area (Å²) in [6.07, 6.45) is 1.02. The number of amides is 1. The van der Waals surface area contributed by atoms with Gasteiger partial charge in [-0.05, 0) is 26.4 Å². The lowest BCUT2D eigenvalue weighted by molar-refractivity contribution is -0.132. The first-order chi connectivity index (χ1) is 7.47. The molecule has 0 saturated carbocycles. The lowest BCUT2D eigenvalue weighted by Crippen LogP contribution is -2.38. The molecule has 0 unspecified atom stereocenters.